The average Bonchev–Trinajstić information content (AvgIpc) is 3.38. The zero-order valence-electron chi connectivity index (χ0n) is 25.7. The summed E-state index contributed by atoms with van der Waals surface area (Å²) in [6.45, 7) is -0.560. The van der Waals surface area contributed by atoms with E-state index in [-0.39, 0.29) is 5.39 Å². The van der Waals surface area contributed by atoms with Gasteiger partial charge in [-0.2, -0.15) is 35.1 Å². The first kappa shape index (κ1) is 32.4. The standard InChI is InChI=1S/C40H26F8O/c1-36(41,42)38(43,44)39(45,46)40(47,48)49-31-20-18-25-16-17-26(22-28(25)23-31)27-19-21-33-32-14-8-9-15-34(32)37(35(33)24-27,29-10-4-2-5-11-29)30-12-6-3-7-13-30/h2-24H,1H3. The summed E-state index contributed by atoms with van der Waals surface area (Å²) in [5, 5.41) is 0.774. The molecule has 49 heavy (non-hydrogen) atoms. The van der Waals surface area contributed by atoms with Gasteiger partial charge in [0.1, 0.15) is 5.75 Å². The highest BCUT2D eigenvalue weighted by Gasteiger charge is 2.81. The Balaban J connectivity index is 1.34. The molecule has 6 aromatic rings. The molecule has 0 aliphatic heterocycles. The normalized spacial score (nSPS) is 14.4. The van der Waals surface area contributed by atoms with Crippen LogP contribution in [0, 0.1) is 0 Å². The van der Waals surface area contributed by atoms with E-state index in [9.17, 15) is 35.1 Å². The van der Waals surface area contributed by atoms with Crippen LogP contribution in [0.4, 0.5) is 35.1 Å². The van der Waals surface area contributed by atoms with Gasteiger partial charge in [-0.05, 0) is 79.5 Å². The van der Waals surface area contributed by atoms with Crippen molar-refractivity contribution in [3.05, 3.63) is 162 Å². The van der Waals surface area contributed by atoms with Gasteiger partial charge in [0.05, 0.1) is 5.41 Å². The summed E-state index contributed by atoms with van der Waals surface area (Å²) in [7, 11) is 0. The second kappa shape index (κ2) is 11.2. The summed E-state index contributed by atoms with van der Waals surface area (Å²) < 4.78 is 115. The maximum atomic E-state index is 14.5. The molecule has 0 spiro atoms. The SMILES string of the molecule is CC(F)(F)C(F)(F)C(F)(F)C(F)(F)Oc1ccc2ccc(-c3ccc4c(c3)C(c3ccccc3)(c3ccccc3)c3ccccc3-4)cc2c1. The molecule has 248 valence electrons. The van der Waals surface area contributed by atoms with E-state index in [1.807, 2.05) is 66.7 Å². The summed E-state index contributed by atoms with van der Waals surface area (Å²) in [5.41, 5.74) is 7.03. The zero-order chi connectivity index (χ0) is 34.8. The summed E-state index contributed by atoms with van der Waals surface area (Å²) in [5.74, 6) is -19.3. The van der Waals surface area contributed by atoms with Gasteiger partial charge in [0, 0.05) is 6.92 Å². The van der Waals surface area contributed by atoms with E-state index < -0.39 is 42.0 Å². The van der Waals surface area contributed by atoms with Crippen LogP contribution < -0.4 is 4.74 Å². The van der Waals surface area contributed by atoms with E-state index in [0.717, 1.165) is 51.1 Å². The summed E-state index contributed by atoms with van der Waals surface area (Å²) in [6, 6.07) is 42.7. The minimum atomic E-state index is -6.53. The maximum absolute atomic E-state index is 14.5. The van der Waals surface area contributed by atoms with Crippen LogP contribution in [0.5, 0.6) is 5.75 Å². The van der Waals surface area contributed by atoms with Crippen LogP contribution in [0.3, 0.4) is 0 Å². The quantitative estimate of drug-likeness (QED) is 0.146. The number of fused-ring (bicyclic) bond motifs is 4. The number of halogens is 8. The van der Waals surface area contributed by atoms with Gasteiger partial charge in [0.15, 0.2) is 0 Å². The predicted molar refractivity (Wildman–Crippen MR) is 173 cm³/mol. The minimum absolute atomic E-state index is 0.267. The third-order valence-corrected chi connectivity index (χ3v) is 9.16. The van der Waals surface area contributed by atoms with E-state index in [1.54, 1.807) is 12.1 Å². The van der Waals surface area contributed by atoms with Crippen LogP contribution in [0.25, 0.3) is 33.0 Å². The third kappa shape index (κ3) is 4.89. The van der Waals surface area contributed by atoms with Crippen molar-refractivity contribution in [1.82, 2.24) is 0 Å². The fraction of sp³-hybridized carbons (Fsp3) is 0.150. The Bertz CT molecular complexity index is 2130. The van der Waals surface area contributed by atoms with Crippen molar-refractivity contribution in [3.8, 4) is 28.0 Å². The Hall–Kier alpha value is -5.18. The van der Waals surface area contributed by atoms with Crippen LogP contribution in [-0.4, -0.2) is 23.9 Å². The molecule has 7 rings (SSSR count). The van der Waals surface area contributed by atoms with E-state index >= 15 is 0 Å². The highest BCUT2D eigenvalue weighted by molar-refractivity contribution is 5.91. The van der Waals surface area contributed by atoms with Crippen LogP contribution in [0.2, 0.25) is 0 Å². The van der Waals surface area contributed by atoms with Crippen LogP contribution in [0.15, 0.2) is 140 Å². The summed E-state index contributed by atoms with van der Waals surface area (Å²) in [6.07, 6.45) is -5.96. The van der Waals surface area contributed by atoms with Crippen molar-refractivity contribution in [2.75, 3.05) is 0 Å². The Labute approximate surface area is 276 Å². The Morgan fingerprint density at radius 1 is 0.469 bits per heavy atom. The van der Waals surface area contributed by atoms with Gasteiger partial charge in [-0.25, -0.2) is 0 Å². The Morgan fingerprint density at radius 2 is 1.00 bits per heavy atom. The molecule has 0 aromatic heterocycles. The van der Waals surface area contributed by atoms with E-state index in [1.165, 1.54) is 6.07 Å². The molecule has 0 radical (unpaired) electrons. The first-order chi connectivity index (χ1) is 23.2. The van der Waals surface area contributed by atoms with Crippen molar-refractivity contribution in [2.45, 2.75) is 36.2 Å². The van der Waals surface area contributed by atoms with E-state index in [2.05, 4.69) is 47.2 Å². The molecule has 0 atom stereocenters. The highest BCUT2D eigenvalue weighted by Crippen LogP contribution is 2.57. The Morgan fingerprint density at radius 3 is 1.63 bits per heavy atom. The number of rotatable bonds is 8. The van der Waals surface area contributed by atoms with Gasteiger partial charge in [0.2, 0.25) is 0 Å². The third-order valence-electron chi connectivity index (χ3n) is 9.16. The van der Waals surface area contributed by atoms with Crippen LogP contribution >= 0.6 is 0 Å². The molecule has 0 unspecified atom stereocenters. The predicted octanol–water partition coefficient (Wildman–Crippen LogP) is 11.8. The highest BCUT2D eigenvalue weighted by atomic mass is 19.4. The second-order valence-corrected chi connectivity index (χ2v) is 12.2. The molecule has 1 aliphatic carbocycles. The van der Waals surface area contributed by atoms with E-state index in [0.29, 0.717) is 10.9 Å². The number of benzene rings is 6. The summed E-state index contributed by atoms with van der Waals surface area (Å²) in [4.78, 5) is 0. The van der Waals surface area contributed by atoms with Gasteiger partial charge in [-0.3, -0.25) is 0 Å². The molecular weight excluding hydrogens is 648 g/mol. The number of ether oxygens (including phenoxy) is 1. The lowest BCUT2D eigenvalue weighted by Gasteiger charge is -2.34. The largest absolute Gasteiger partial charge is 0.471 e. The second-order valence-electron chi connectivity index (χ2n) is 12.2. The lowest BCUT2D eigenvalue weighted by Crippen LogP contribution is -2.63. The molecule has 0 bridgehead atoms. The van der Waals surface area contributed by atoms with Gasteiger partial charge < -0.3 is 4.74 Å². The van der Waals surface area contributed by atoms with Crippen molar-refractivity contribution in [1.29, 1.82) is 0 Å². The zero-order valence-corrected chi connectivity index (χ0v) is 25.7. The molecule has 0 amide bonds. The molecule has 6 aromatic carbocycles. The Kier molecular flexibility index (Phi) is 7.39. The molecule has 0 N–H and O–H groups in total. The maximum Gasteiger partial charge on any atom is 0.471 e. The van der Waals surface area contributed by atoms with Gasteiger partial charge in [0.25, 0.3) is 0 Å². The lowest BCUT2D eigenvalue weighted by atomic mass is 9.67. The van der Waals surface area contributed by atoms with Crippen LogP contribution in [-0.2, 0) is 5.41 Å². The van der Waals surface area contributed by atoms with E-state index in [4.69, 9.17) is 0 Å². The van der Waals surface area contributed by atoms with Crippen molar-refractivity contribution in [2.24, 2.45) is 0 Å². The van der Waals surface area contributed by atoms with Crippen molar-refractivity contribution >= 4 is 10.8 Å². The molecule has 1 aliphatic rings. The average molecular weight is 675 g/mol. The van der Waals surface area contributed by atoms with Crippen molar-refractivity contribution < 1.29 is 39.9 Å². The fourth-order valence-electron chi connectivity index (χ4n) is 6.76. The van der Waals surface area contributed by atoms with Gasteiger partial charge in [-0.15, -0.1) is 0 Å². The molecule has 0 fully saturated rings. The monoisotopic (exact) mass is 674 g/mol. The summed E-state index contributed by atoms with van der Waals surface area (Å²) >= 11 is 0. The topological polar surface area (TPSA) is 9.23 Å². The van der Waals surface area contributed by atoms with Gasteiger partial charge >= 0.3 is 23.9 Å². The fourth-order valence-corrected chi connectivity index (χ4v) is 6.76. The van der Waals surface area contributed by atoms with Crippen LogP contribution in [0.1, 0.15) is 29.2 Å². The minimum Gasteiger partial charge on any atom is -0.428 e. The first-order valence-electron chi connectivity index (χ1n) is 15.3. The molecule has 0 saturated heterocycles. The van der Waals surface area contributed by atoms with Crippen molar-refractivity contribution in [3.63, 3.8) is 0 Å². The number of hydrogen-bond donors (Lipinski definition) is 0. The number of alkyl halides is 8. The molecular formula is C40H26F8O. The first-order valence-corrected chi connectivity index (χ1v) is 15.3. The lowest BCUT2D eigenvalue weighted by molar-refractivity contribution is -0.405. The smallest absolute Gasteiger partial charge is 0.428 e. The molecule has 0 heterocycles. The molecule has 1 nitrogen and oxygen atoms in total. The molecule has 9 heteroatoms. The van der Waals surface area contributed by atoms with Gasteiger partial charge in [-0.1, -0.05) is 115 Å². The number of hydrogen-bond acceptors (Lipinski definition) is 1. The molecule has 0 saturated carbocycles.